The summed E-state index contributed by atoms with van der Waals surface area (Å²) < 4.78 is 0. The van der Waals surface area contributed by atoms with Crippen molar-refractivity contribution >= 4 is 18.5 Å². The van der Waals surface area contributed by atoms with E-state index in [-0.39, 0.29) is 19.1 Å². The lowest BCUT2D eigenvalue weighted by atomic mass is 9.80. The standard InChI is InChI=1S/C11H17BN2O4/c13-10(11(16)14-5-6-15)7-8-1-3-9(4-2-8)12(17)18/h1-4,10,15,17-18H,5-7,13H2,(H,14,16)/t10-/m0/s1. The van der Waals surface area contributed by atoms with E-state index in [0.717, 1.165) is 5.56 Å². The molecule has 0 saturated heterocycles. The van der Waals surface area contributed by atoms with E-state index in [9.17, 15) is 4.79 Å². The molecule has 7 heteroatoms. The molecule has 6 nitrogen and oxygen atoms in total. The number of hydrogen-bond donors (Lipinski definition) is 5. The van der Waals surface area contributed by atoms with Crippen molar-refractivity contribution in [2.45, 2.75) is 12.5 Å². The van der Waals surface area contributed by atoms with Crippen molar-refractivity contribution in [3.05, 3.63) is 29.8 Å². The van der Waals surface area contributed by atoms with E-state index in [0.29, 0.717) is 11.9 Å². The molecule has 1 amide bonds. The highest BCUT2D eigenvalue weighted by Crippen LogP contribution is 2.01. The fraction of sp³-hybridized carbons (Fsp3) is 0.364. The molecule has 0 aliphatic heterocycles. The van der Waals surface area contributed by atoms with E-state index >= 15 is 0 Å². The molecule has 1 aromatic rings. The number of nitrogens with one attached hydrogen (secondary N) is 1. The fourth-order valence-electron chi connectivity index (χ4n) is 1.48. The van der Waals surface area contributed by atoms with Crippen LogP contribution in [0.15, 0.2) is 24.3 Å². The molecule has 0 aromatic heterocycles. The lowest BCUT2D eigenvalue weighted by molar-refractivity contribution is -0.122. The second-order valence-corrected chi connectivity index (χ2v) is 3.94. The lowest BCUT2D eigenvalue weighted by Crippen LogP contribution is -2.43. The minimum Gasteiger partial charge on any atom is -0.423 e. The molecule has 0 saturated carbocycles. The molecule has 0 spiro atoms. The van der Waals surface area contributed by atoms with Gasteiger partial charge in [0.1, 0.15) is 0 Å². The number of amides is 1. The quantitative estimate of drug-likeness (QED) is 0.354. The molecule has 1 atom stereocenters. The van der Waals surface area contributed by atoms with Crippen LogP contribution in [0.1, 0.15) is 5.56 Å². The van der Waals surface area contributed by atoms with Gasteiger partial charge in [0.15, 0.2) is 0 Å². The van der Waals surface area contributed by atoms with Gasteiger partial charge in [-0.15, -0.1) is 0 Å². The summed E-state index contributed by atoms with van der Waals surface area (Å²) in [6.45, 7) is 0.0592. The van der Waals surface area contributed by atoms with Gasteiger partial charge in [0.25, 0.3) is 0 Å². The normalized spacial score (nSPS) is 12.0. The number of benzene rings is 1. The van der Waals surface area contributed by atoms with E-state index in [4.69, 9.17) is 20.9 Å². The number of aliphatic hydroxyl groups excluding tert-OH is 1. The summed E-state index contributed by atoms with van der Waals surface area (Å²) in [5.41, 5.74) is 6.91. The Morgan fingerprint density at radius 2 is 1.94 bits per heavy atom. The van der Waals surface area contributed by atoms with Gasteiger partial charge >= 0.3 is 7.12 Å². The van der Waals surface area contributed by atoms with Crippen molar-refractivity contribution in [1.82, 2.24) is 5.32 Å². The maximum Gasteiger partial charge on any atom is 0.488 e. The van der Waals surface area contributed by atoms with Gasteiger partial charge in [-0.05, 0) is 17.4 Å². The number of carbonyl (C=O) groups excluding carboxylic acids is 1. The van der Waals surface area contributed by atoms with Crippen LogP contribution < -0.4 is 16.5 Å². The topological polar surface area (TPSA) is 116 Å². The summed E-state index contributed by atoms with van der Waals surface area (Å²) in [5, 5.41) is 28.9. The van der Waals surface area contributed by atoms with Crippen LogP contribution in [0.4, 0.5) is 0 Å². The van der Waals surface area contributed by atoms with Crippen LogP contribution in [-0.4, -0.2) is 47.4 Å². The van der Waals surface area contributed by atoms with Gasteiger partial charge in [-0.3, -0.25) is 4.79 Å². The second-order valence-electron chi connectivity index (χ2n) is 3.94. The Morgan fingerprint density at radius 3 is 2.44 bits per heavy atom. The zero-order valence-electron chi connectivity index (χ0n) is 9.91. The van der Waals surface area contributed by atoms with Crippen molar-refractivity contribution < 1.29 is 19.9 Å². The van der Waals surface area contributed by atoms with Crippen molar-refractivity contribution in [1.29, 1.82) is 0 Å². The molecule has 1 aromatic carbocycles. The third kappa shape index (κ3) is 4.46. The van der Waals surface area contributed by atoms with E-state index in [2.05, 4.69) is 5.32 Å². The van der Waals surface area contributed by atoms with Crippen molar-refractivity contribution in [3.8, 4) is 0 Å². The zero-order chi connectivity index (χ0) is 13.5. The fourth-order valence-corrected chi connectivity index (χ4v) is 1.48. The average Bonchev–Trinajstić information content (AvgIpc) is 2.36. The Bertz CT molecular complexity index is 383. The minimum atomic E-state index is -1.50. The Hall–Kier alpha value is -1.41. The van der Waals surface area contributed by atoms with Gasteiger partial charge < -0.3 is 26.2 Å². The van der Waals surface area contributed by atoms with Gasteiger partial charge in [-0.1, -0.05) is 24.3 Å². The van der Waals surface area contributed by atoms with Crippen LogP contribution in [0.3, 0.4) is 0 Å². The first kappa shape index (κ1) is 14.7. The largest absolute Gasteiger partial charge is 0.488 e. The summed E-state index contributed by atoms with van der Waals surface area (Å²) >= 11 is 0. The maximum atomic E-state index is 11.5. The van der Waals surface area contributed by atoms with Crippen LogP contribution in [0.5, 0.6) is 0 Å². The van der Waals surface area contributed by atoms with E-state index in [1.165, 1.54) is 0 Å². The first-order valence-electron chi connectivity index (χ1n) is 5.63. The molecule has 0 aliphatic rings. The van der Waals surface area contributed by atoms with Crippen LogP contribution in [-0.2, 0) is 11.2 Å². The Balaban J connectivity index is 2.53. The van der Waals surface area contributed by atoms with Crippen LogP contribution in [0.25, 0.3) is 0 Å². The third-order valence-corrected chi connectivity index (χ3v) is 2.48. The van der Waals surface area contributed by atoms with Crippen molar-refractivity contribution in [2.75, 3.05) is 13.2 Å². The van der Waals surface area contributed by atoms with Gasteiger partial charge in [0, 0.05) is 6.54 Å². The molecule has 18 heavy (non-hydrogen) atoms. The first-order valence-corrected chi connectivity index (χ1v) is 5.63. The number of hydrogen-bond acceptors (Lipinski definition) is 5. The molecular formula is C11H17BN2O4. The molecule has 1 rings (SSSR count). The number of rotatable bonds is 6. The second kappa shape index (κ2) is 7.12. The average molecular weight is 252 g/mol. The minimum absolute atomic E-state index is 0.123. The highest BCUT2D eigenvalue weighted by atomic mass is 16.4. The summed E-state index contributed by atoms with van der Waals surface area (Å²) in [6.07, 6.45) is 0.346. The molecule has 0 unspecified atom stereocenters. The Labute approximate surface area is 106 Å². The Morgan fingerprint density at radius 1 is 1.33 bits per heavy atom. The van der Waals surface area contributed by atoms with Crippen LogP contribution in [0.2, 0.25) is 0 Å². The Kier molecular flexibility index (Phi) is 5.80. The molecule has 6 N–H and O–H groups in total. The molecular weight excluding hydrogens is 235 g/mol. The predicted octanol–water partition coefficient (Wildman–Crippen LogP) is -2.66. The molecule has 0 heterocycles. The van der Waals surface area contributed by atoms with Crippen molar-refractivity contribution in [3.63, 3.8) is 0 Å². The third-order valence-electron chi connectivity index (χ3n) is 2.48. The van der Waals surface area contributed by atoms with E-state index < -0.39 is 13.2 Å². The predicted molar refractivity (Wildman–Crippen MR) is 68.0 cm³/mol. The number of carbonyl (C=O) groups is 1. The lowest BCUT2D eigenvalue weighted by Gasteiger charge is -2.12. The highest BCUT2D eigenvalue weighted by Gasteiger charge is 2.14. The number of aliphatic hydroxyl groups is 1. The summed E-state index contributed by atoms with van der Waals surface area (Å²) in [5.74, 6) is -0.324. The van der Waals surface area contributed by atoms with Gasteiger partial charge in [-0.25, -0.2) is 0 Å². The number of nitrogens with two attached hydrogens (primary N) is 1. The summed E-state index contributed by atoms with van der Waals surface area (Å²) in [4.78, 5) is 11.5. The zero-order valence-corrected chi connectivity index (χ0v) is 9.91. The SMILES string of the molecule is N[C@@H](Cc1ccc(B(O)O)cc1)C(=O)NCCO. The molecule has 0 aliphatic carbocycles. The van der Waals surface area contributed by atoms with E-state index in [1.807, 2.05) is 0 Å². The summed E-state index contributed by atoms with van der Waals surface area (Å²) in [7, 11) is -1.50. The molecule has 0 bridgehead atoms. The monoisotopic (exact) mass is 252 g/mol. The van der Waals surface area contributed by atoms with Crippen molar-refractivity contribution in [2.24, 2.45) is 5.73 Å². The van der Waals surface area contributed by atoms with Gasteiger partial charge in [-0.2, -0.15) is 0 Å². The molecule has 0 radical (unpaired) electrons. The summed E-state index contributed by atoms with van der Waals surface area (Å²) in [6, 6.07) is 5.82. The smallest absolute Gasteiger partial charge is 0.423 e. The van der Waals surface area contributed by atoms with Crippen LogP contribution in [0, 0.1) is 0 Å². The van der Waals surface area contributed by atoms with Gasteiger partial charge in [0.2, 0.25) is 5.91 Å². The molecule has 0 fully saturated rings. The molecule has 98 valence electrons. The van der Waals surface area contributed by atoms with Crippen LogP contribution >= 0.6 is 0 Å². The highest BCUT2D eigenvalue weighted by molar-refractivity contribution is 6.58. The first-order chi connectivity index (χ1) is 8.54. The van der Waals surface area contributed by atoms with E-state index in [1.54, 1.807) is 24.3 Å². The maximum absolute atomic E-state index is 11.5. The van der Waals surface area contributed by atoms with Gasteiger partial charge in [0.05, 0.1) is 12.6 Å².